The fraction of sp³-hybridized carbons (Fsp3) is 0.310. The number of H-pyrrole nitrogens is 1. The molecule has 0 bridgehead atoms. The number of methoxy groups -OCH3 is 1. The van der Waals surface area contributed by atoms with Crippen LogP contribution in [0.5, 0.6) is 5.75 Å². The number of pyridine rings is 1. The fourth-order valence-electron chi connectivity index (χ4n) is 4.89. The number of aromatic amines is 1. The van der Waals surface area contributed by atoms with Crippen LogP contribution in [0.3, 0.4) is 0 Å². The predicted octanol–water partition coefficient (Wildman–Crippen LogP) is 4.92. The summed E-state index contributed by atoms with van der Waals surface area (Å²) in [6, 6.07) is 19.4. The van der Waals surface area contributed by atoms with Crippen molar-refractivity contribution in [2.24, 2.45) is 0 Å². The summed E-state index contributed by atoms with van der Waals surface area (Å²) in [4.78, 5) is 25.0. The Labute approximate surface area is 234 Å². The monoisotopic (exact) mass is 562 g/mol. The minimum absolute atomic E-state index is 0.0773. The largest absolute Gasteiger partial charge is 0.495 e. The number of nitrogens with zero attached hydrogens (tertiary/aromatic N) is 4. The van der Waals surface area contributed by atoms with E-state index in [1.165, 1.54) is 0 Å². The Morgan fingerprint density at radius 1 is 1.02 bits per heavy atom. The van der Waals surface area contributed by atoms with Gasteiger partial charge in [0.15, 0.2) is 0 Å². The Balaban J connectivity index is 1.28. The van der Waals surface area contributed by atoms with Gasteiger partial charge in [0.25, 0.3) is 10.0 Å². The predicted molar refractivity (Wildman–Crippen MR) is 158 cm³/mol. The fourth-order valence-corrected chi connectivity index (χ4v) is 6.26. The Morgan fingerprint density at radius 2 is 1.75 bits per heavy atom. The lowest BCUT2D eigenvalue weighted by atomic mass is 10.2. The van der Waals surface area contributed by atoms with Crippen molar-refractivity contribution in [1.82, 2.24) is 14.3 Å². The normalized spacial score (nSPS) is 13.8. The number of anilines is 3. The molecular formula is C29H34N6O4S. The third kappa shape index (κ3) is 5.69. The molecule has 210 valence electrons. The summed E-state index contributed by atoms with van der Waals surface area (Å²) < 4.78 is 33.6. The first-order valence-electron chi connectivity index (χ1n) is 13.4. The van der Waals surface area contributed by atoms with Crippen molar-refractivity contribution in [2.45, 2.75) is 24.7 Å². The number of carbonyl (C=O) groups excluding carboxylic acids is 1. The minimum atomic E-state index is -4.07. The highest BCUT2D eigenvalue weighted by atomic mass is 32.2. The van der Waals surface area contributed by atoms with Crippen molar-refractivity contribution < 1.29 is 17.9 Å². The Kier molecular flexibility index (Phi) is 8.11. The number of ether oxygens (including phenoxy) is 1. The average Bonchev–Trinajstić information content (AvgIpc) is 3.39. The highest BCUT2D eigenvalue weighted by Crippen LogP contribution is 2.30. The standard InChI is InChI=1S/C29H34N6O4S/c1-3-4-16-35(29(36)32-27-21-22-8-7-15-30-28(22)31-27)40(37,38)24-13-11-23(12-14-24)33-17-19-34(20-18-33)25-9-5-6-10-26(25)39-2/h5-15,21H,3-4,16-20H2,1-2H3,(H,30,31)(H,32,36). The Hall–Kier alpha value is -4.25. The Bertz CT molecular complexity index is 1530. The first-order chi connectivity index (χ1) is 19.4. The molecule has 0 radical (unpaired) electrons. The summed E-state index contributed by atoms with van der Waals surface area (Å²) in [7, 11) is -2.39. The number of urea groups is 1. The van der Waals surface area contributed by atoms with E-state index in [9.17, 15) is 13.2 Å². The van der Waals surface area contributed by atoms with Crippen LogP contribution in [0.4, 0.5) is 22.0 Å². The van der Waals surface area contributed by atoms with Crippen LogP contribution in [-0.4, -0.2) is 68.6 Å². The number of para-hydroxylation sites is 2. The third-order valence-corrected chi connectivity index (χ3v) is 8.87. The maximum Gasteiger partial charge on any atom is 0.336 e. The number of piperazine rings is 1. The van der Waals surface area contributed by atoms with Crippen LogP contribution in [0.2, 0.25) is 0 Å². The van der Waals surface area contributed by atoms with E-state index >= 15 is 0 Å². The lowest BCUT2D eigenvalue weighted by Gasteiger charge is -2.37. The zero-order valence-corrected chi connectivity index (χ0v) is 23.5. The Morgan fingerprint density at radius 3 is 2.45 bits per heavy atom. The SMILES string of the molecule is CCCCN(C(=O)Nc1cc2cccnc2[nH]1)S(=O)(=O)c1ccc(N2CCN(c3ccccc3OC)CC2)cc1. The number of nitrogens with one attached hydrogen (secondary N) is 2. The minimum Gasteiger partial charge on any atom is -0.495 e. The molecule has 0 unspecified atom stereocenters. The molecule has 10 nitrogen and oxygen atoms in total. The summed E-state index contributed by atoms with van der Waals surface area (Å²) >= 11 is 0. The van der Waals surface area contributed by atoms with Crippen LogP contribution in [0.15, 0.2) is 77.8 Å². The molecule has 2 amide bonds. The van der Waals surface area contributed by atoms with Gasteiger partial charge in [0.1, 0.15) is 17.2 Å². The maximum absolute atomic E-state index is 13.6. The van der Waals surface area contributed by atoms with Crippen LogP contribution in [0, 0.1) is 0 Å². The number of carbonyl (C=O) groups is 1. The van der Waals surface area contributed by atoms with Crippen molar-refractivity contribution >= 4 is 44.3 Å². The first-order valence-corrected chi connectivity index (χ1v) is 14.8. The molecule has 1 saturated heterocycles. The summed E-state index contributed by atoms with van der Waals surface area (Å²) in [6.07, 6.45) is 2.94. The van der Waals surface area contributed by atoms with Gasteiger partial charge in [-0.2, -0.15) is 0 Å². The summed E-state index contributed by atoms with van der Waals surface area (Å²) in [6.45, 7) is 5.23. The van der Waals surface area contributed by atoms with E-state index in [0.717, 1.165) is 59.4 Å². The van der Waals surface area contributed by atoms with Crippen molar-refractivity contribution in [3.05, 3.63) is 72.9 Å². The van der Waals surface area contributed by atoms with Crippen molar-refractivity contribution in [2.75, 3.05) is 55.0 Å². The van der Waals surface area contributed by atoms with E-state index in [2.05, 4.69) is 31.2 Å². The number of hydrogen-bond acceptors (Lipinski definition) is 7. The van der Waals surface area contributed by atoms with Gasteiger partial charge in [-0.05, 0) is 61.0 Å². The smallest absolute Gasteiger partial charge is 0.336 e. The van der Waals surface area contributed by atoms with E-state index in [1.807, 2.05) is 43.3 Å². The van der Waals surface area contributed by atoms with Gasteiger partial charge in [-0.25, -0.2) is 22.5 Å². The van der Waals surface area contributed by atoms with E-state index < -0.39 is 16.1 Å². The molecule has 0 atom stereocenters. The molecule has 2 aromatic carbocycles. The maximum atomic E-state index is 13.6. The van der Waals surface area contributed by atoms with Crippen LogP contribution < -0.4 is 19.9 Å². The lowest BCUT2D eigenvalue weighted by molar-refractivity contribution is 0.235. The number of hydrogen-bond donors (Lipinski definition) is 2. The molecule has 4 aromatic rings. The van der Waals surface area contributed by atoms with Gasteiger partial charge in [0, 0.05) is 50.0 Å². The topological polar surface area (TPSA) is 111 Å². The van der Waals surface area contributed by atoms with Crippen molar-refractivity contribution in [3.63, 3.8) is 0 Å². The van der Waals surface area contributed by atoms with Crippen LogP contribution >= 0.6 is 0 Å². The quantitative estimate of drug-likeness (QED) is 0.298. The van der Waals surface area contributed by atoms with Crippen molar-refractivity contribution in [1.29, 1.82) is 0 Å². The van der Waals surface area contributed by atoms with E-state index in [1.54, 1.807) is 37.6 Å². The second-order valence-electron chi connectivity index (χ2n) is 9.62. The number of aromatic nitrogens is 2. The highest BCUT2D eigenvalue weighted by Gasteiger charge is 2.30. The van der Waals surface area contributed by atoms with E-state index in [0.29, 0.717) is 17.9 Å². The molecule has 5 rings (SSSR count). The number of amides is 2. The van der Waals surface area contributed by atoms with E-state index in [4.69, 9.17) is 4.74 Å². The molecule has 0 spiro atoms. The molecule has 40 heavy (non-hydrogen) atoms. The second kappa shape index (κ2) is 11.9. The molecule has 1 aliphatic heterocycles. The zero-order chi connectivity index (χ0) is 28.1. The molecule has 2 N–H and O–H groups in total. The number of benzene rings is 2. The summed E-state index contributed by atoms with van der Waals surface area (Å²) in [5.74, 6) is 1.24. The van der Waals surface area contributed by atoms with Crippen LogP contribution in [0.25, 0.3) is 11.0 Å². The highest BCUT2D eigenvalue weighted by molar-refractivity contribution is 7.89. The molecule has 0 saturated carbocycles. The van der Waals surface area contributed by atoms with Gasteiger partial charge < -0.3 is 19.5 Å². The molecule has 3 heterocycles. The molecular weight excluding hydrogens is 528 g/mol. The van der Waals surface area contributed by atoms with Crippen molar-refractivity contribution in [3.8, 4) is 5.75 Å². The zero-order valence-electron chi connectivity index (χ0n) is 22.7. The molecule has 11 heteroatoms. The van der Waals surface area contributed by atoms with Gasteiger partial charge in [-0.1, -0.05) is 25.5 Å². The van der Waals surface area contributed by atoms with Gasteiger partial charge in [0.2, 0.25) is 0 Å². The second-order valence-corrected chi connectivity index (χ2v) is 11.5. The number of sulfonamides is 1. The van der Waals surface area contributed by atoms with Crippen LogP contribution in [-0.2, 0) is 10.0 Å². The first kappa shape index (κ1) is 27.3. The summed E-state index contributed by atoms with van der Waals surface area (Å²) in [5.41, 5.74) is 2.62. The van der Waals surface area contributed by atoms with Gasteiger partial charge >= 0.3 is 6.03 Å². The molecule has 1 fully saturated rings. The number of rotatable bonds is 9. The molecule has 2 aromatic heterocycles. The number of unbranched alkanes of at least 4 members (excludes halogenated alkanes) is 1. The molecule has 1 aliphatic rings. The van der Waals surface area contributed by atoms with E-state index in [-0.39, 0.29) is 11.4 Å². The summed E-state index contributed by atoms with van der Waals surface area (Å²) in [5, 5.41) is 3.52. The average molecular weight is 563 g/mol. The van der Waals surface area contributed by atoms with Gasteiger partial charge in [-0.15, -0.1) is 0 Å². The van der Waals surface area contributed by atoms with Gasteiger partial charge in [-0.3, -0.25) is 5.32 Å². The lowest BCUT2D eigenvalue weighted by Crippen LogP contribution is -2.46. The molecule has 0 aliphatic carbocycles. The third-order valence-electron chi connectivity index (χ3n) is 7.07. The van der Waals surface area contributed by atoms with Crippen LogP contribution in [0.1, 0.15) is 19.8 Å². The van der Waals surface area contributed by atoms with Gasteiger partial charge in [0.05, 0.1) is 17.7 Å². The number of fused-ring (bicyclic) bond motifs is 1.